The highest BCUT2D eigenvalue weighted by Crippen LogP contribution is 1.99. The first-order chi connectivity index (χ1) is 4.84. The number of hydrogen-bond donors (Lipinski definition) is 1. The van der Waals surface area contributed by atoms with E-state index in [1.807, 2.05) is 30.3 Å². The minimum Gasteiger partial charge on any atom is -0.399 e. The molecule has 0 aromatic heterocycles. The van der Waals surface area contributed by atoms with E-state index < -0.39 is 0 Å². The highest BCUT2D eigenvalue weighted by atomic mass is 32.1. The zero-order valence-electron chi connectivity index (χ0n) is 5.28. The zero-order chi connectivity index (χ0) is 7.40. The summed E-state index contributed by atoms with van der Waals surface area (Å²) in [6.45, 7) is 0. The van der Waals surface area contributed by atoms with Crippen LogP contribution in [0, 0.1) is 0 Å². The molecular formula is C7H7NOS. The standard InChI is InChI=1S/C7H7NOS/c8-9-7(10)6-4-2-1-3-5-6/h1-5H,8H2. The van der Waals surface area contributed by atoms with Crippen LogP contribution in [0.15, 0.2) is 30.3 Å². The molecule has 0 saturated carbocycles. The minimum atomic E-state index is 0.320. The van der Waals surface area contributed by atoms with Crippen LogP contribution in [0.1, 0.15) is 5.56 Å². The van der Waals surface area contributed by atoms with Gasteiger partial charge in [-0.2, -0.15) is 5.90 Å². The third-order valence-corrected chi connectivity index (χ3v) is 1.45. The molecule has 1 aromatic rings. The van der Waals surface area contributed by atoms with Gasteiger partial charge in [-0.05, 0) is 12.2 Å². The molecule has 1 aromatic carbocycles. The van der Waals surface area contributed by atoms with Gasteiger partial charge in [0.2, 0.25) is 5.05 Å². The summed E-state index contributed by atoms with van der Waals surface area (Å²) in [6, 6.07) is 9.34. The van der Waals surface area contributed by atoms with Gasteiger partial charge in [0, 0.05) is 5.56 Å². The van der Waals surface area contributed by atoms with Gasteiger partial charge < -0.3 is 4.84 Å². The van der Waals surface area contributed by atoms with Crippen molar-refractivity contribution < 1.29 is 4.84 Å². The summed E-state index contributed by atoms with van der Waals surface area (Å²) in [5, 5.41) is 0.320. The summed E-state index contributed by atoms with van der Waals surface area (Å²) < 4.78 is 0. The quantitative estimate of drug-likeness (QED) is 0.487. The second-order valence-corrected chi connectivity index (χ2v) is 2.14. The molecule has 52 valence electrons. The van der Waals surface area contributed by atoms with E-state index in [4.69, 9.17) is 18.1 Å². The van der Waals surface area contributed by atoms with Crippen molar-refractivity contribution in [1.29, 1.82) is 0 Å². The predicted molar refractivity (Wildman–Crippen MR) is 43.4 cm³/mol. The Morgan fingerprint density at radius 1 is 1.30 bits per heavy atom. The summed E-state index contributed by atoms with van der Waals surface area (Å²) >= 11 is 4.77. The Kier molecular flexibility index (Phi) is 2.36. The van der Waals surface area contributed by atoms with Crippen LogP contribution in [0.5, 0.6) is 0 Å². The molecule has 0 spiro atoms. The normalized spacial score (nSPS) is 8.90. The SMILES string of the molecule is NOC(=S)c1ccccc1. The molecule has 2 nitrogen and oxygen atoms in total. The van der Waals surface area contributed by atoms with Gasteiger partial charge in [0.15, 0.2) is 0 Å². The van der Waals surface area contributed by atoms with Crippen molar-refractivity contribution in [2.45, 2.75) is 0 Å². The third-order valence-electron chi connectivity index (χ3n) is 1.12. The third kappa shape index (κ3) is 1.52. The molecule has 0 bridgehead atoms. The largest absolute Gasteiger partial charge is 0.399 e. The van der Waals surface area contributed by atoms with Crippen LogP contribution < -0.4 is 5.90 Å². The van der Waals surface area contributed by atoms with Crippen LogP contribution in [0.4, 0.5) is 0 Å². The molecule has 0 amide bonds. The maximum absolute atomic E-state index is 4.86. The lowest BCUT2D eigenvalue weighted by Gasteiger charge is -1.98. The van der Waals surface area contributed by atoms with Crippen molar-refractivity contribution in [1.82, 2.24) is 0 Å². The number of thiocarbonyl (C=S) groups is 1. The summed E-state index contributed by atoms with van der Waals surface area (Å²) in [7, 11) is 0. The average molecular weight is 153 g/mol. The minimum absolute atomic E-state index is 0.320. The fourth-order valence-corrected chi connectivity index (χ4v) is 0.778. The van der Waals surface area contributed by atoms with E-state index >= 15 is 0 Å². The van der Waals surface area contributed by atoms with Crippen molar-refractivity contribution in [3.05, 3.63) is 35.9 Å². The van der Waals surface area contributed by atoms with Gasteiger partial charge >= 0.3 is 0 Å². The van der Waals surface area contributed by atoms with Crippen LogP contribution in [-0.4, -0.2) is 5.05 Å². The Morgan fingerprint density at radius 2 is 1.90 bits per heavy atom. The van der Waals surface area contributed by atoms with Crippen LogP contribution >= 0.6 is 12.2 Å². The first kappa shape index (κ1) is 7.18. The van der Waals surface area contributed by atoms with E-state index in [1.165, 1.54) is 0 Å². The molecule has 0 aliphatic carbocycles. The van der Waals surface area contributed by atoms with Crippen LogP contribution in [0.25, 0.3) is 0 Å². The Hall–Kier alpha value is -0.930. The topological polar surface area (TPSA) is 35.2 Å². The predicted octanol–water partition coefficient (Wildman–Crippen LogP) is 1.25. The number of hydrogen-bond acceptors (Lipinski definition) is 3. The molecule has 0 fully saturated rings. The van der Waals surface area contributed by atoms with Crippen molar-refractivity contribution in [2.24, 2.45) is 5.90 Å². The molecule has 0 heterocycles. The van der Waals surface area contributed by atoms with E-state index in [0.29, 0.717) is 5.05 Å². The van der Waals surface area contributed by atoms with Crippen LogP contribution in [0.2, 0.25) is 0 Å². The fourth-order valence-electron chi connectivity index (χ4n) is 0.642. The Balaban J connectivity index is 2.85. The molecule has 0 radical (unpaired) electrons. The lowest BCUT2D eigenvalue weighted by atomic mass is 10.2. The second-order valence-electron chi connectivity index (χ2n) is 1.77. The summed E-state index contributed by atoms with van der Waals surface area (Å²) in [6.07, 6.45) is 0. The van der Waals surface area contributed by atoms with Crippen LogP contribution in [-0.2, 0) is 4.84 Å². The highest BCUT2D eigenvalue weighted by molar-refractivity contribution is 7.80. The number of nitrogens with two attached hydrogens (primary N) is 1. The van der Waals surface area contributed by atoms with Gasteiger partial charge in [0.1, 0.15) is 0 Å². The van der Waals surface area contributed by atoms with Crippen molar-refractivity contribution in [3.8, 4) is 0 Å². The molecule has 0 unspecified atom stereocenters. The van der Waals surface area contributed by atoms with Gasteiger partial charge in [-0.15, -0.1) is 0 Å². The lowest BCUT2D eigenvalue weighted by Crippen LogP contribution is -2.08. The average Bonchev–Trinajstić information content (AvgIpc) is 2.05. The van der Waals surface area contributed by atoms with Gasteiger partial charge in [0.05, 0.1) is 0 Å². The summed E-state index contributed by atoms with van der Waals surface area (Å²) in [5.74, 6) is 4.86. The van der Waals surface area contributed by atoms with Crippen molar-refractivity contribution >= 4 is 17.3 Å². The monoisotopic (exact) mass is 153 g/mol. The van der Waals surface area contributed by atoms with Gasteiger partial charge in [0.25, 0.3) is 0 Å². The van der Waals surface area contributed by atoms with E-state index in [9.17, 15) is 0 Å². The summed E-state index contributed by atoms with van der Waals surface area (Å²) in [4.78, 5) is 4.37. The first-order valence-electron chi connectivity index (χ1n) is 2.80. The zero-order valence-corrected chi connectivity index (χ0v) is 6.10. The summed E-state index contributed by atoms with van der Waals surface area (Å²) in [5.41, 5.74) is 0.833. The molecule has 10 heavy (non-hydrogen) atoms. The fraction of sp³-hybridized carbons (Fsp3) is 0. The van der Waals surface area contributed by atoms with Gasteiger partial charge in [-0.25, -0.2) is 0 Å². The van der Waals surface area contributed by atoms with Crippen molar-refractivity contribution in [3.63, 3.8) is 0 Å². The second kappa shape index (κ2) is 3.29. The Bertz CT molecular complexity index is 222. The maximum Gasteiger partial charge on any atom is 0.217 e. The van der Waals surface area contributed by atoms with E-state index in [-0.39, 0.29) is 0 Å². The smallest absolute Gasteiger partial charge is 0.217 e. The first-order valence-corrected chi connectivity index (χ1v) is 3.21. The van der Waals surface area contributed by atoms with E-state index in [1.54, 1.807) is 0 Å². The molecule has 0 saturated heterocycles. The van der Waals surface area contributed by atoms with Crippen molar-refractivity contribution in [2.75, 3.05) is 0 Å². The highest BCUT2D eigenvalue weighted by Gasteiger charge is 1.96. The molecular weight excluding hydrogens is 146 g/mol. The number of rotatable bonds is 1. The molecule has 3 heteroatoms. The van der Waals surface area contributed by atoms with E-state index in [2.05, 4.69) is 4.84 Å². The van der Waals surface area contributed by atoms with Crippen LogP contribution in [0.3, 0.4) is 0 Å². The Labute approximate surface area is 64.6 Å². The van der Waals surface area contributed by atoms with Gasteiger partial charge in [-0.1, -0.05) is 30.3 Å². The number of benzene rings is 1. The van der Waals surface area contributed by atoms with E-state index in [0.717, 1.165) is 5.56 Å². The van der Waals surface area contributed by atoms with Gasteiger partial charge in [-0.3, -0.25) is 0 Å². The molecule has 0 aliphatic rings. The molecule has 0 aliphatic heterocycles. The Morgan fingerprint density at radius 3 is 2.40 bits per heavy atom. The molecule has 2 N–H and O–H groups in total. The molecule has 1 rings (SSSR count). The molecule has 0 atom stereocenters. The maximum atomic E-state index is 4.86. The lowest BCUT2D eigenvalue weighted by molar-refractivity contribution is 0.331.